The first-order valence-electron chi connectivity index (χ1n) is 10.8. The van der Waals surface area contributed by atoms with E-state index >= 15 is 0 Å². The van der Waals surface area contributed by atoms with Gasteiger partial charge in [0.05, 0.1) is 11.6 Å². The van der Waals surface area contributed by atoms with Crippen LogP contribution in [0.15, 0.2) is 59.7 Å². The highest BCUT2D eigenvalue weighted by Gasteiger charge is 2.35. The van der Waals surface area contributed by atoms with Gasteiger partial charge >= 0.3 is 0 Å². The Morgan fingerprint density at radius 1 is 1.10 bits per heavy atom. The van der Waals surface area contributed by atoms with Gasteiger partial charge in [0, 0.05) is 28.9 Å². The number of hydrogen-bond acceptors (Lipinski definition) is 3. The van der Waals surface area contributed by atoms with Crippen LogP contribution in [0.2, 0.25) is 0 Å². The molecule has 0 aliphatic carbocycles. The second-order valence-electron chi connectivity index (χ2n) is 8.20. The van der Waals surface area contributed by atoms with Crippen molar-refractivity contribution in [3.05, 3.63) is 65.9 Å². The first-order chi connectivity index (χ1) is 14.6. The number of hydrogen-bond donors (Lipinski definition) is 1. The molecule has 4 rings (SSSR count). The van der Waals surface area contributed by atoms with E-state index in [9.17, 15) is 4.79 Å². The van der Waals surface area contributed by atoms with Crippen molar-refractivity contribution in [3.8, 4) is 0 Å². The molecule has 0 radical (unpaired) electrons. The third-order valence-corrected chi connectivity index (χ3v) is 5.90. The normalized spacial score (nSPS) is 16.7. The Morgan fingerprint density at radius 3 is 2.60 bits per heavy atom. The van der Waals surface area contributed by atoms with Crippen LogP contribution in [-0.4, -0.2) is 35.1 Å². The summed E-state index contributed by atoms with van der Waals surface area (Å²) in [5, 5.41) is 7.35. The molecule has 5 nitrogen and oxygen atoms in total. The van der Waals surface area contributed by atoms with E-state index in [1.807, 2.05) is 37.3 Å². The summed E-state index contributed by atoms with van der Waals surface area (Å²) in [6.45, 7) is 6.10. The van der Waals surface area contributed by atoms with Crippen molar-refractivity contribution >= 4 is 28.2 Å². The predicted molar refractivity (Wildman–Crippen MR) is 124 cm³/mol. The van der Waals surface area contributed by atoms with Crippen LogP contribution in [0.1, 0.15) is 37.9 Å². The Morgan fingerprint density at radius 2 is 1.83 bits per heavy atom. The second-order valence-corrected chi connectivity index (χ2v) is 8.20. The van der Waals surface area contributed by atoms with Gasteiger partial charge in [-0.05, 0) is 57.1 Å². The summed E-state index contributed by atoms with van der Waals surface area (Å²) in [5.41, 5.74) is 5.26. The molecule has 1 aliphatic rings. The van der Waals surface area contributed by atoms with Crippen molar-refractivity contribution in [2.75, 3.05) is 18.6 Å². The van der Waals surface area contributed by atoms with E-state index in [1.165, 1.54) is 29.5 Å². The number of amides is 1. The Bertz CT molecular complexity index is 1050. The molecule has 1 aliphatic heterocycles. The molecular weight excluding hydrogens is 372 g/mol. The van der Waals surface area contributed by atoms with Crippen LogP contribution >= 0.6 is 0 Å². The molecule has 0 bridgehead atoms. The molecule has 0 fully saturated rings. The average molecular weight is 403 g/mol. The number of aromatic amines is 1. The lowest BCUT2D eigenvalue weighted by molar-refractivity contribution is -0.119. The summed E-state index contributed by atoms with van der Waals surface area (Å²) in [7, 11) is 2.16. The van der Waals surface area contributed by atoms with Crippen LogP contribution in [0.25, 0.3) is 10.9 Å². The van der Waals surface area contributed by atoms with Crippen LogP contribution in [0, 0.1) is 5.92 Å². The minimum Gasteiger partial charge on any atom is -0.357 e. The fraction of sp³-hybridized carbons (Fsp3) is 0.360. The largest absolute Gasteiger partial charge is 0.357 e. The van der Waals surface area contributed by atoms with E-state index in [4.69, 9.17) is 0 Å². The molecule has 1 aromatic heterocycles. The summed E-state index contributed by atoms with van der Waals surface area (Å²) in [6, 6.07) is 18.1. The summed E-state index contributed by atoms with van der Waals surface area (Å²) in [4.78, 5) is 19.2. The van der Waals surface area contributed by atoms with Crippen molar-refractivity contribution in [1.29, 1.82) is 0 Å². The van der Waals surface area contributed by atoms with Gasteiger partial charge in [0.2, 0.25) is 0 Å². The molecule has 5 heteroatoms. The van der Waals surface area contributed by atoms with Crippen molar-refractivity contribution in [2.24, 2.45) is 11.0 Å². The van der Waals surface area contributed by atoms with Crippen molar-refractivity contribution in [1.82, 2.24) is 9.88 Å². The zero-order valence-corrected chi connectivity index (χ0v) is 18.1. The van der Waals surface area contributed by atoms with E-state index in [0.717, 1.165) is 30.0 Å². The van der Waals surface area contributed by atoms with Gasteiger partial charge in [-0.2, -0.15) is 5.10 Å². The van der Waals surface area contributed by atoms with Crippen molar-refractivity contribution < 1.29 is 4.79 Å². The molecule has 2 aromatic carbocycles. The maximum atomic E-state index is 13.2. The minimum absolute atomic E-state index is 0.0502. The quantitative estimate of drug-likeness (QED) is 0.578. The van der Waals surface area contributed by atoms with Crippen LogP contribution < -0.4 is 5.01 Å². The highest BCUT2D eigenvalue weighted by molar-refractivity contribution is 6.15. The van der Waals surface area contributed by atoms with Crippen LogP contribution in [0.5, 0.6) is 0 Å². The van der Waals surface area contributed by atoms with Crippen molar-refractivity contribution in [3.63, 3.8) is 0 Å². The lowest BCUT2D eigenvalue weighted by Gasteiger charge is -2.18. The molecule has 0 saturated heterocycles. The number of carbonyl (C=O) groups excluding carboxylic acids is 1. The number of rotatable bonds is 8. The van der Waals surface area contributed by atoms with Gasteiger partial charge in [0.15, 0.2) is 0 Å². The smallest absolute Gasteiger partial charge is 0.256 e. The highest BCUT2D eigenvalue weighted by Crippen LogP contribution is 2.31. The number of H-pyrrole nitrogens is 1. The number of nitrogens with zero attached hydrogens (tertiary/aromatic N) is 3. The number of para-hydroxylation sites is 2. The van der Waals surface area contributed by atoms with Crippen LogP contribution in [-0.2, 0) is 17.8 Å². The minimum atomic E-state index is -0.232. The third-order valence-electron chi connectivity index (χ3n) is 5.90. The number of fused-ring (bicyclic) bond motifs is 1. The SMILES string of the molecule is CCCCN(C)Cc1[nH]c2ccccc2c1CC1C(=O)N(c2ccccc2)N=C1C. The van der Waals surface area contributed by atoms with Gasteiger partial charge in [-0.25, -0.2) is 5.01 Å². The summed E-state index contributed by atoms with van der Waals surface area (Å²) in [5.74, 6) is -0.182. The van der Waals surface area contributed by atoms with E-state index in [0.29, 0.717) is 6.42 Å². The van der Waals surface area contributed by atoms with Gasteiger partial charge in [0.1, 0.15) is 0 Å². The number of benzene rings is 2. The number of nitrogens with one attached hydrogen (secondary N) is 1. The Balaban J connectivity index is 1.62. The number of unbranched alkanes of at least 4 members (excludes halogenated alkanes) is 1. The number of hydrazone groups is 1. The first-order valence-corrected chi connectivity index (χ1v) is 10.8. The second kappa shape index (κ2) is 8.84. The first kappa shape index (κ1) is 20.4. The predicted octanol–water partition coefficient (Wildman–Crippen LogP) is 4.98. The lowest BCUT2D eigenvalue weighted by Crippen LogP contribution is -2.29. The standard InChI is InChI=1S/C25H30N4O/c1-4-5-15-28(3)17-24-22(20-13-9-10-14-23(20)26-24)16-21-18(2)27-29(25(21)30)19-11-7-6-8-12-19/h6-14,21,26H,4-5,15-17H2,1-3H3. The van der Waals surface area contributed by atoms with Gasteiger partial charge in [0.25, 0.3) is 5.91 Å². The lowest BCUT2D eigenvalue weighted by atomic mass is 9.93. The fourth-order valence-corrected chi connectivity index (χ4v) is 4.20. The number of aromatic nitrogens is 1. The summed E-state index contributed by atoms with van der Waals surface area (Å²) < 4.78 is 0. The zero-order valence-electron chi connectivity index (χ0n) is 18.1. The molecule has 1 unspecified atom stereocenters. The third kappa shape index (κ3) is 4.03. The van der Waals surface area contributed by atoms with E-state index in [-0.39, 0.29) is 11.8 Å². The van der Waals surface area contributed by atoms with Gasteiger partial charge in [-0.15, -0.1) is 0 Å². The average Bonchev–Trinajstić information content (AvgIpc) is 3.25. The molecule has 156 valence electrons. The van der Waals surface area contributed by atoms with Crippen LogP contribution in [0.3, 0.4) is 0 Å². The molecule has 0 spiro atoms. The summed E-state index contributed by atoms with van der Waals surface area (Å²) >= 11 is 0. The Labute approximate surface area is 178 Å². The van der Waals surface area contributed by atoms with Gasteiger partial charge in [-0.3, -0.25) is 4.79 Å². The van der Waals surface area contributed by atoms with E-state index in [1.54, 1.807) is 5.01 Å². The molecule has 0 saturated carbocycles. The van der Waals surface area contributed by atoms with E-state index < -0.39 is 0 Å². The molecule has 1 amide bonds. The van der Waals surface area contributed by atoms with E-state index in [2.05, 4.69) is 53.2 Å². The number of carbonyl (C=O) groups is 1. The maximum Gasteiger partial charge on any atom is 0.256 e. The molecule has 2 heterocycles. The Hall–Kier alpha value is -2.92. The molecule has 1 atom stereocenters. The highest BCUT2D eigenvalue weighted by atomic mass is 16.2. The zero-order chi connectivity index (χ0) is 21.1. The fourth-order valence-electron chi connectivity index (χ4n) is 4.20. The molecule has 1 N–H and O–H groups in total. The molecule has 30 heavy (non-hydrogen) atoms. The van der Waals surface area contributed by atoms with Gasteiger partial charge in [-0.1, -0.05) is 49.7 Å². The topological polar surface area (TPSA) is 51.7 Å². The summed E-state index contributed by atoms with van der Waals surface area (Å²) in [6.07, 6.45) is 3.04. The van der Waals surface area contributed by atoms with Crippen molar-refractivity contribution in [2.45, 2.75) is 39.7 Å². The Kier molecular flexibility index (Phi) is 6.00. The maximum absolute atomic E-state index is 13.2. The monoisotopic (exact) mass is 402 g/mol. The van der Waals surface area contributed by atoms with Crippen LogP contribution in [0.4, 0.5) is 5.69 Å². The molecular formula is C25H30N4O. The van der Waals surface area contributed by atoms with Gasteiger partial charge < -0.3 is 9.88 Å². The molecule has 3 aromatic rings. The number of anilines is 1.